The van der Waals surface area contributed by atoms with Crippen LogP contribution in [0, 0.1) is 5.92 Å². The van der Waals surface area contributed by atoms with Crippen LogP contribution in [0.2, 0.25) is 0 Å². The van der Waals surface area contributed by atoms with Crippen molar-refractivity contribution >= 4 is 23.0 Å². The third kappa shape index (κ3) is 4.47. The Morgan fingerprint density at radius 3 is 2.50 bits per heavy atom. The molecule has 5 heteroatoms. The lowest BCUT2D eigenvalue weighted by Gasteiger charge is -2.31. The Balaban J connectivity index is 1.21. The fourth-order valence-corrected chi connectivity index (χ4v) is 4.26. The van der Waals surface area contributed by atoms with Crippen LogP contribution in [0.15, 0.2) is 79.0 Å². The predicted molar refractivity (Wildman–Crippen MR) is 128 cm³/mol. The van der Waals surface area contributed by atoms with Crippen molar-refractivity contribution < 1.29 is 4.79 Å². The van der Waals surface area contributed by atoms with Gasteiger partial charge < -0.3 is 9.88 Å². The van der Waals surface area contributed by atoms with E-state index in [1.54, 1.807) is 6.20 Å². The highest BCUT2D eigenvalue weighted by Crippen LogP contribution is 2.24. The van der Waals surface area contributed by atoms with Crippen molar-refractivity contribution in [3.8, 4) is 11.4 Å². The molecule has 0 atom stereocenters. The number of H-pyrrole nitrogens is 1. The summed E-state index contributed by atoms with van der Waals surface area (Å²) in [6, 6.07) is 22.1. The summed E-state index contributed by atoms with van der Waals surface area (Å²) >= 11 is 0. The standard InChI is InChI=1S/C27H26N4O/c32-27(31-16-14-21(15-17-31)11-7-10-20-8-3-1-4-9-20)24-18-23-19-28-25(30-26(23)29-24)22-12-5-2-6-13-22/h1-10,12-13,18-19,21H,11,14-17H2,(H,28,29,30). The van der Waals surface area contributed by atoms with Crippen LogP contribution in [-0.2, 0) is 0 Å². The highest BCUT2D eigenvalue weighted by molar-refractivity contribution is 5.97. The molecular weight excluding hydrogens is 396 g/mol. The Morgan fingerprint density at radius 1 is 1.03 bits per heavy atom. The van der Waals surface area contributed by atoms with E-state index in [1.807, 2.05) is 47.4 Å². The summed E-state index contributed by atoms with van der Waals surface area (Å²) in [5.74, 6) is 1.33. The average molecular weight is 423 g/mol. The van der Waals surface area contributed by atoms with E-state index in [0.29, 0.717) is 23.1 Å². The minimum absolute atomic E-state index is 0.0440. The summed E-state index contributed by atoms with van der Waals surface area (Å²) < 4.78 is 0. The van der Waals surface area contributed by atoms with Crippen LogP contribution in [0.5, 0.6) is 0 Å². The highest BCUT2D eigenvalue weighted by atomic mass is 16.2. The molecule has 0 saturated carbocycles. The molecule has 1 aliphatic heterocycles. The number of carbonyl (C=O) groups is 1. The van der Waals surface area contributed by atoms with E-state index in [1.165, 1.54) is 5.56 Å². The van der Waals surface area contributed by atoms with Gasteiger partial charge in [-0.25, -0.2) is 9.97 Å². The van der Waals surface area contributed by atoms with Crippen LogP contribution >= 0.6 is 0 Å². The SMILES string of the molecule is O=C(c1cc2cnc(-c3ccccc3)nc2[nH]1)N1CCC(CC=Cc2ccccc2)CC1. The molecule has 1 N–H and O–H groups in total. The first-order valence-corrected chi connectivity index (χ1v) is 11.2. The molecule has 1 fully saturated rings. The van der Waals surface area contributed by atoms with Crippen molar-refractivity contribution in [3.63, 3.8) is 0 Å². The lowest BCUT2D eigenvalue weighted by atomic mass is 9.93. The molecule has 0 bridgehead atoms. The minimum Gasteiger partial charge on any atom is -0.337 e. The Hall–Kier alpha value is -3.73. The quantitative estimate of drug-likeness (QED) is 0.457. The third-order valence-corrected chi connectivity index (χ3v) is 6.11. The van der Waals surface area contributed by atoms with Crippen LogP contribution < -0.4 is 0 Å². The number of rotatable bonds is 5. The molecule has 4 aromatic rings. The lowest BCUT2D eigenvalue weighted by molar-refractivity contribution is 0.0686. The summed E-state index contributed by atoms with van der Waals surface area (Å²) in [5.41, 5.74) is 3.47. The number of aromatic amines is 1. The Kier molecular flexibility index (Phi) is 5.79. The van der Waals surface area contributed by atoms with Gasteiger partial charge in [0, 0.05) is 30.2 Å². The first kappa shape index (κ1) is 20.2. The van der Waals surface area contributed by atoms with Gasteiger partial charge in [-0.1, -0.05) is 72.8 Å². The summed E-state index contributed by atoms with van der Waals surface area (Å²) in [4.78, 5) is 27.3. The van der Waals surface area contributed by atoms with Gasteiger partial charge in [0.25, 0.3) is 5.91 Å². The number of aromatic nitrogens is 3. The Bertz CT molecular complexity index is 1220. The van der Waals surface area contributed by atoms with Crippen molar-refractivity contribution in [3.05, 3.63) is 90.3 Å². The number of amides is 1. The van der Waals surface area contributed by atoms with Crippen molar-refractivity contribution in [1.29, 1.82) is 0 Å². The molecule has 5 nitrogen and oxygen atoms in total. The van der Waals surface area contributed by atoms with Crippen molar-refractivity contribution in [2.24, 2.45) is 5.92 Å². The number of fused-ring (bicyclic) bond motifs is 1. The first-order valence-electron chi connectivity index (χ1n) is 11.2. The number of piperidine rings is 1. The number of benzene rings is 2. The van der Waals surface area contributed by atoms with Gasteiger partial charge in [0.05, 0.1) is 0 Å². The number of carbonyl (C=O) groups excluding carboxylic acids is 1. The Morgan fingerprint density at radius 2 is 1.75 bits per heavy atom. The molecule has 0 unspecified atom stereocenters. The number of likely N-dealkylation sites (tertiary alicyclic amines) is 1. The highest BCUT2D eigenvalue weighted by Gasteiger charge is 2.24. The minimum atomic E-state index is 0.0440. The molecule has 1 amide bonds. The average Bonchev–Trinajstić information content (AvgIpc) is 3.29. The molecule has 1 saturated heterocycles. The van der Waals surface area contributed by atoms with Gasteiger partial charge in [-0.05, 0) is 36.8 Å². The molecule has 2 aromatic heterocycles. The van der Waals surface area contributed by atoms with E-state index < -0.39 is 0 Å². The van der Waals surface area contributed by atoms with Gasteiger partial charge in [-0.2, -0.15) is 0 Å². The van der Waals surface area contributed by atoms with E-state index in [9.17, 15) is 4.79 Å². The zero-order valence-corrected chi connectivity index (χ0v) is 17.9. The molecule has 0 radical (unpaired) electrons. The largest absolute Gasteiger partial charge is 0.337 e. The second-order valence-electron chi connectivity index (χ2n) is 8.33. The van der Waals surface area contributed by atoms with E-state index in [2.05, 4.69) is 51.4 Å². The monoisotopic (exact) mass is 422 g/mol. The maximum Gasteiger partial charge on any atom is 0.270 e. The summed E-state index contributed by atoms with van der Waals surface area (Å²) in [6.45, 7) is 1.58. The second kappa shape index (κ2) is 9.18. The van der Waals surface area contributed by atoms with Gasteiger partial charge in [0.1, 0.15) is 11.3 Å². The second-order valence-corrected chi connectivity index (χ2v) is 8.33. The zero-order chi connectivity index (χ0) is 21.8. The maximum atomic E-state index is 13.1. The molecular formula is C27H26N4O. The Labute approximate surface area is 187 Å². The van der Waals surface area contributed by atoms with Crippen LogP contribution in [0.3, 0.4) is 0 Å². The normalized spacial score (nSPS) is 14.9. The fraction of sp³-hybridized carbons (Fsp3) is 0.222. The van der Waals surface area contributed by atoms with E-state index in [-0.39, 0.29) is 5.91 Å². The lowest BCUT2D eigenvalue weighted by Crippen LogP contribution is -2.38. The number of nitrogens with one attached hydrogen (secondary N) is 1. The number of hydrogen-bond donors (Lipinski definition) is 1. The van der Waals surface area contributed by atoms with Gasteiger partial charge in [0.2, 0.25) is 0 Å². The molecule has 0 aliphatic carbocycles. The van der Waals surface area contributed by atoms with Crippen LogP contribution in [0.4, 0.5) is 0 Å². The first-order chi connectivity index (χ1) is 15.8. The van der Waals surface area contributed by atoms with E-state index >= 15 is 0 Å². The van der Waals surface area contributed by atoms with Crippen molar-refractivity contribution in [2.75, 3.05) is 13.1 Å². The van der Waals surface area contributed by atoms with Crippen molar-refractivity contribution in [2.45, 2.75) is 19.3 Å². The van der Waals surface area contributed by atoms with E-state index in [4.69, 9.17) is 0 Å². The molecule has 0 spiro atoms. The van der Waals surface area contributed by atoms with Crippen LogP contribution in [0.1, 0.15) is 35.3 Å². The predicted octanol–water partition coefficient (Wildman–Crippen LogP) is 5.58. The summed E-state index contributed by atoms with van der Waals surface area (Å²) in [5, 5.41) is 0.856. The molecule has 5 rings (SSSR count). The molecule has 2 aromatic carbocycles. The van der Waals surface area contributed by atoms with Gasteiger partial charge >= 0.3 is 0 Å². The number of hydrogen-bond acceptors (Lipinski definition) is 3. The zero-order valence-electron chi connectivity index (χ0n) is 17.9. The molecule has 1 aliphatic rings. The fourth-order valence-electron chi connectivity index (χ4n) is 4.26. The smallest absolute Gasteiger partial charge is 0.270 e. The van der Waals surface area contributed by atoms with E-state index in [0.717, 1.165) is 43.3 Å². The van der Waals surface area contributed by atoms with Gasteiger partial charge in [0.15, 0.2) is 5.82 Å². The third-order valence-electron chi connectivity index (χ3n) is 6.11. The van der Waals surface area contributed by atoms with Crippen LogP contribution in [0.25, 0.3) is 28.5 Å². The molecule has 160 valence electrons. The molecule has 3 heterocycles. The van der Waals surface area contributed by atoms with Crippen molar-refractivity contribution in [1.82, 2.24) is 19.9 Å². The van der Waals surface area contributed by atoms with Crippen LogP contribution in [-0.4, -0.2) is 38.8 Å². The topological polar surface area (TPSA) is 61.9 Å². The number of nitrogens with zero attached hydrogens (tertiary/aromatic N) is 3. The van der Waals surface area contributed by atoms with Gasteiger partial charge in [-0.3, -0.25) is 4.79 Å². The summed E-state index contributed by atoms with van der Waals surface area (Å²) in [7, 11) is 0. The maximum absolute atomic E-state index is 13.1. The van der Waals surface area contributed by atoms with Gasteiger partial charge in [-0.15, -0.1) is 0 Å². The molecule has 32 heavy (non-hydrogen) atoms. The summed E-state index contributed by atoms with van der Waals surface area (Å²) in [6.07, 6.45) is 9.35. The number of allylic oxidation sites excluding steroid dienone is 1.